The van der Waals surface area contributed by atoms with Crippen LogP contribution in [0.2, 0.25) is 0 Å². The molecule has 3 N–H and O–H groups in total. The second-order valence-corrected chi connectivity index (χ2v) is 5.18. The van der Waals surface area contributed by atoms with Crippen molar-refractivity contribution in [2.75, 3.05) is 19.6 Å². The van der Waals surface area contributed by atoms with Gasteiger partial charge in [-0.15, -0.1) is 0 Å². The van der Waals surface area contributed by atoms with Crippen molar-refractivity contribution in [2.24, 2.45) is 0 Å². The number of carbonyl (C=O) groups excluding carboxylic acids is 1. The number of aryl methyl sites for hydroxylation is 1. The molecule has 118 valence electrons. The molecule has 1 aromatic carbocycles. The van der Waals surface area contributed by atoms with Gasteiger partial charge < -0.3 is 10.6 Å². The van der Waals surface area contributed by atoms with Gasteiger partial charge in [0.05, 0.1) is 5.69 Å². The van der Waals surface area contributed by atoms with Crippen LogP contribution in [0.3, 0.4) is 0 Å². The van der Waals surface area contributed by atoms with Crippen LogP contribution in [0.15, 0.2) is 35.1 Å². The lowest BCUT2D eigenvalue weighted by Gasteiger charge is -2.05. The molecule has 0 bridgehead atoms. The minimum atomic E-state index is -0.277. The number of aromatic amines is 1. The molecule has 0 radical (unpaired) electrons. The number of H-pyrrole nitrogens is 1. The van der Waals surface area contributed by atoms with Gasteiger partial charge >= 0.3 is 0 Å². The molecular weight excluding hydrogens is 280 g/mol. The van der Waals surface area contributed by atoms with Crippen LogP contribution in [0.25, 0.3) is 5.69 Å². The van der Waals surface area contributed by atoms with E-state index in [-0.39, 0.29) is 17.2 Å². The van der Waals surface area contributed by atoms with Gasteiger partial charge in [-0.05, 0) is 32.0 Å². The summed E-state index contributed by atoms with van der Waals surface area (Å²) in [5.74, 6) is -0.277. The molecule has 2 aromatic rings. The van der Waals surface area contributed by atoms with Crippen LogP contribution in [0.1, 0.15) is 29.4 Å². The minimum Gasteiger partial charge on any atom is -0.349 e. The van der Waals surface area contributed by atoms with Gasteiger partial charge in [-0.1, -0.05) is 24.6 Å². The fourth-order valence-electron chi connectivity index (χ4n) is 2.06. The molecule has 0 saturated heterocycles. The molecule has 0 saturated carbocycles. The summed E-state index contributed by atoms with van der Waals surface area (Å²) in [4.78, 5) is 24.0. The first-order valence-corrected chi connectivity index (χ1v) is 7.50. The van der Waals surface area contributed by atoms with Gasteiger partial charge in [-0.2, -0.15) is 0 Å². The van der Waals surface area contributed by atoms with E-state index in [4.69, 9.17) is 0 Å². The summed E-state index contributed by atoms with van der Waals surface area (Å²) >= 11 is 0. The standard InChI is InChI=1S/C16H22N4O2/c1-3-8-17-9-10-18-16(22)14-11-15(21)20(19-14)13-6-4-12(2)5-7-13/h4-7,11,17,19H,3,8-10H2,1-2H3,(H,18,22). The number of nitrogens with one attached hydrogen (secondary N) is 3. The number of rotatable bonds is 7. The van der Waals surface area contributed by atoms with E-state index in [1.807, 2.05) is 31.2 Å². The maximum absolute atomic E-state index is 12.0. The van der Waals surface area contributed by atoms with Crippen LogP contribution >= 0.6 is 0 Å². The van der Waals surface area contributed by atoms with Crippen molar-refractivity contribution in [1.82, 2.24) is 20.4 Å². The van der Waals surface area contributed by atoms with Crippen LogP contribution in [0, 0.1) is 6.92 Å². The van der Waals surface area contributed by atoms with Gasteiger partial charge in [0.2, 0.25) is 0 Å². The molecule has 0 spiro atoms. The Hall–Kier alpha value is -2.34. The van der Waals surface area contributed by atoms with Crippen molar-refractivity contribution in [1.29, 1.82) is 0 Å². The van der Waals surface area contributed by atoms with E-state index >= 15 is 0 Å². The molecule has 22 heavy (non-hydrogen) atoms. The maximum atomic E-state index is 12.0. The molecule has 0 atom stereocenters. The van der Waals surface area contributed by atoms with Gasteiger partial charge in [0.1, 0.15) is 5.69 Å². The zero-order valence-corrected chi connectivity index (χ0v) is 13.0. The zero-order valence-electron chi connectivity index (χ0n) is 13.0. The summed E-state index contributed by atoms with van der Waals surface area (Å²) < 4.78 is 1.36. The van der Waals surface area contributed by atoms with Crippen molar-refractivity contribution in [3.63, 3.8) is 0 Å². The molecule has 2 rings (SSSR count). The maximum Gasteiger partial charge on any atom is 0.271 e. The number of amides is 1. The Morgan fingerprint density at radius 2 is 1.91 bits per heavy atom. The van der Waals surface area contributed by atoms with E-state index < -0.39 is 0 Å². The predicted octanol–water partition coefficient (Wildman–Crippen LogP) is 1.20. The summed E-state index contributed by atoms with van der Waals surface area (Å²) in [5, 5.41) is 8.81. The van der Waals surface area contributed by atoms with Crippen LogP contribution in [-0.4, -0.2) is 35.3 Å². The first-order valence-electron chi connectivity index (χ1n) is 7.50. The van der Waals surface area contributed by atoms with E-state index in [1.165, 1.54) is 10.7 Å². The minimum absolute atomic E-state index is 0.252. The fraction of sp³-hybridized carbons (Fsp3) is 0.375. The average Bonchev–Trinajstić information content (AvgIpc) is 2.90. The summed E-state index contributed by atoms with van der Waals surface area (Å²) in [6.45, 7) is 6.23. The SMILES string of the molecule is CCCNCCNC(=O)c1cc(=O)n(-c2ccc(C)cc2)[nH]1. The molecule has 0 aliphatic rings. The number of hydrogen-bond acceptors (Lipinski definition) is 3. The Balaban J connectivity index is 2.01. The van der Waals surface area contributed by atoms with Crippen molar-refractivity contribution >= 4 is 5.91 Å². The monoisotopic (exact) mass is 302 g/mol. The lowest BCUT2D eigenvalue weighted by Crippen LogP contribution is -2.32. The number of carbonyl (C=O) groups is 1. The average molecular weight is 302 g/mol. The number of aromatic nitrogens is 2. The first-order chi connectivity index (χ1) is 10.6. The smallest absolute Gasteiger partial charge is 0.271 e. The molecule has 0 fully saturated rings. The largest absolute Gasteiger partial charge is 0.349 e. The van der Waals surface area contributed by atoms with Crippen molar-refractivity contribution in [3.8, 4) is 5.69 Å². The highest BCUT2D eigenvalue weighted by Gasteiger charge is 2.11. The van der Waals surface area contributed by atoms with E-state index in [0.717, 1.165) is 18.5 Å². The highest BCUT2D eigenvalue weighted by atomic mass is 16.2. The highest BCUT2D eigenvalue weighted by Crippen LogP contribution is 2.06. The van der Waals surface area contributed by atoms with Gasteiger partial charge in [-0.25, -0.2) is 4.68 Å². The van der Waals surface area contributed by atoms with Gasteiger partial charge in [-0.3, -0.25) is 14.7 Å². The molecule has 6 nitrogen and oxygen atoms in total. The fourth-order valence-corrected chi connectivity index (χ4v) is 2.06. The van der Waals surface area contributed by atoms with Crippen molar-refractivity contribution in [3.05, 3.63) is 51.9 Å². The van der Waals surface area contributed by atoms with E-state index in [1.54, 1.807) is 0 Å². The predicted molar refractivity (Wildman–Crippen MR) is 86.6 cm³/mol. The molecule has 1 amide bonds. The Kier molecular flexibility index (Phi) is 5.55. The lowest BCUT2D eigenvalue weighted by atomic mass is 10.2. The Bertz CT molecular complexity index is 670. The summed E-state index contributed by atoms with van der Waals surface area (Å²) in [6.07, 6.45) is 1.06. The number of hydrogen-bond donors (Lipinski definition) is 3. The normalized spacial score (nSPS) is 10.6. The number of benzene rings is 1. The lowest BCUT2D eigenvalue weighted by molar-refractivity contribution is 0.0948. The van der Waals surface area contributed by atoms with Gasteiger partial charge in [0, 0.05) is 19.2 Å². The quantitative estimate of drug-likeness (QED) is 0.673. The molecule has 6 heteroatoms. The Morgan fingerprint density at radius 3 is 2.59 bits per heavy atom. The second-order valence-electron chi connectivity index (χ2n) is 5.18. The Labute approximate surface area is 129 Å². The highest BCUT2D eigenvalue weighted by molar-refractivity contribution is 5.92. The van der Waals surface area contributed by atoms with Crippen LogP contribution < -0.4 is 16.2 Å². The van der Waals surface area contributed by atoms with Gasteiger partial charge in [0.15, 0.2) is 0 Å². The van der Waals surface area contributed by atoms with Crippen LogP contribution in [-0.2, 0) is 0 Å². The number of nitrogens with zero attached hydrogens (tertiary/aromatic N) is 1. The van der Waals surface area contributed by atoms with Crippen molar-refractivity contribution in [2.45, 2.75) is 20.3 Å². The third kappa shape index (κ3) is 4.08. The molecule has 0 aliphatic carbocycles. The Morgan fingerprint density at radius 1 is 1.18 bits per heavy atom. The van der Waals surface area contributed by atoms with Crippen LogP contribution in [0.4, 0.5) is 0 Å². The van der Waals surface area contributed by atoms with E-state index in [0.29, 0.717) is 18.8 Å². The zero-order chi connectivity index (χ0) is 15.9. The van der Waals surface area contributed by atoms with E-state index in [9.17, 15) is 9.59 Å². The summed E-state index contributed by atoms with van der Waals surface area (Å²) in [5.41, 5.74) is 1.83. The summed E-state index contributed by atoms with van der Waals surface area (Å²) in [7, 11) is 0. The van der Waals surface area contributed by atoms with E-state index in [2.05, 4.69) is 22.7 Å². The summed E-state index contributed by atoms with van der Waals surface area (Å²) in [6, 6.07) is 8.82. The molecule has 1 aromatic heterocycles. The van der Waals surface area contributed by atoms with Crippen molar-refractivity contribution < 1.29 is 4.79 Å². The molecular formula is C16H22N4O2. The van der Waals surface area contributed by atoms with Crippen LogP contribution in [0.5, 0.6) is 0 Å². The molecule has 1 heterocycles. The third-order valence-electron chi connectivity index (χ3n) is 3.27. The molecule has 0 aliphatic heterocycles. The topological polar surface area (TPSA) is 78.9 Å². The van der Waals surface area contributed by atoms with Gasteiger partial charge in [0.25, 0.3) is 11.5 Å². The second kappa shape index (κ2) is 7.61. The third-order valence-corrected chi connectivity index (χ3v) is 3.27. The first kappa shape index (κ1) is 16.0. The molecule has 0 unspecified atom stereocenters.